The molecule has 6 atom stereocenters. The van der Waals surface area contributed by atoms with Crippen molar-refractivity contribution in [1.29, 1.82) is 0 Å². The predicted octanol–water partition coefficient (Wildman–Crippen LogP) is 0.137. The Morgan fingerprint density at radius 3 is 2.41 bits per heavy atom. The SMILES string of the molecule is C=C(I)C(=O)OCCOC(=O)C1C2CC3C(OC(=O)C31)C2OS(=O)(=O)NC(=O)C(F)(F)F. The number of rotatable bonds is 8. The molecule has 3 aliphatic rings. The monoisotopic (exact) mass is 597 g/mol. The molecule has 16 heteroatoms. The van der Waals surface area contributed by atoms with Crippen LogP contribution in [0, 0.1) is 23.7 Å². The molecule has 1 aliphatic heterocycles. The quantitative estimate of drug-likeness (QED) is 0.135. The van der Waals surface area contributed by atoms with Gasteiger partial charge in [-0.1, -0.05) is 6.58 Å². The minimum atomic E-state index is -5.48. The van der Waals surface area contributed by atoms with Crippen molar-refractivity contribution in [3.05, 3.63) is 10.2 Å². The van der Waals surface area contributed by atoms with Crippen LogP contribution in [0.4, 0.5) is 13.2 Å². The van der Waals surface area contributed by atoms with Crippen molar-refractivity contribution in [3.8, 4) is 0 Å². The zero-order valence-electron chi connectivity index (χ0n) is 15.8. The summed E-state index contributed by atoms with van der Waals surface area (Å²) in [4.78, 5) is 47.0. The summed E-state index contributed by atoms with van der Waals surface area (Å²) in [5, 5.41) is 0. The van der Waals surface area contributed by atoms with Crippen LogP contribution in [-0.4, -0.2) is 63.8 Å². The minimum Gasteiger partial charge on any atom is -0.462 e. The maximum atomic E-state index is 12.6. The average Bonchev–Trinajstić information content (AvgIpc) is 3.27. The van der Waals surface area contributed by atoms with Crippen molar-refractivity contribution < 1.29 is 59.2 Å². The van der Waals surface area contributed by atoms with Crippen LogP contribution in [-0.2, 0) is 47.9 Å². The van der Waals surface area contributed by atoms with E-state index in [1.807, 2.05) is 0 Å². The Hall–Kier alpha value is -1.95. The van der Waals surface area contributed by atoms with Gasteiger partial charge in [0.25, 0.3) is 0 Å². The van der Waals surface area contributed by atoms with Crippen LogP contribution in [0.3, 0.4) is 0 Å². The van der Waals surface area contributed by atoms with Crippen molar-refractivity contribution >= 4 is 56.7 Å². The van der Waals surface area contributed by atoms with Crippen molar-refractivity contribution in [3.63, 3.8) is 0 Å². The van der Waals surface area contributed by atoms with Crippen LogP contribution in [0.2, 0.25) is 0 Å². The fourth-order valence-electron chi connectivity index (χ4n) is 4.23. The summed E-state index contributed by atoms with van der Waals surface area (Å²) in [6.07, 6.45) is -7.94. The first-order valence-electron chi connectivity index (χ1n) is 8.94. The Balaban J connectivity index is 1.67. The number of carbonyl (C=O) groups is 4. The van der Waals surface area contributed by atoms with Gasteiger partial charge in [0, 0.05) is 11.8 Å². The maximum absolute atomic E-state index is 12.6. The third kappa shape index (κ3) is 4.85. The van der Waals surface area contributed by atoms with Gasteiger partial charge in [-0.3, -0.25) is 14.4 Å². The van der Waals surface area contributed by atoms with E-state index >= 15 is 0 Å². The van der Waals surface area contributed by atoms with Gasteiger partial charge in [-0.2, -0.15) is 21.6 Å². The van der Waals surface area contributed by atoms with Crippen molar-refractivity contribution in [2.75, 3.05) is 13.2 Å². The highest BCUT2D eigenvalue weighted by atomic mass is 127. The van der Waals surface area contributed by atoms with Crippen LogP contribution in [0.15, 0.2) is 10.2 Å². The van der Waals surface area contributed by atoms with E-state index in [2.05, 4.69) is 6.58 Å². The highest BCUT2D eigenvalue weighted by molar-refractivity contribution is 14.1. The first-order chi connectivity index (χ1) is 14.7. The van der Waals surface area contributed by atoms with Crippen LogP contribution >= 0.6 is 22.6 Å². The number of hydrogen-bond donors (Lipinski definition) is 1. The Bertz CT molecular complexity index is 968. The predicted molar refractivity (Wildman–Crippen MR) is 102 cm³/mol. The van der Waals surface area contributed by atoms with E-state index in [1.54, 1.807) is 22.6 Å². The fourth-order valence-corrected chi connectivity index (χ4v) is 5.32. The second-order valence-corrected chi connectivity index (χ2v) is 9.78. The van der Waals surface area contributed by atoms with Gasteiger partial charge in [0.2, 0.25) is 0 Å². The third-order valence-corrected chi connectivity index (χ3v) is 6.66. The maximum Gasteiger partial charge on any atom is 0.472 e. The number of nitrogens with one attached hydrogen (secondary N) is 1. The minimum absolute atomic E-state index is 0.0978. The van der Waals surface area contributed by atoms with E-state index in [9.17, 15) is 40.8 Å². The van der Waals surface area contributed by atoms with Crippen molar-refractivity contribution in [2.45, 2.75) is 24.8 Å². The van der Waals surface area contributed by atoms with E-state index in [1.165, 1.54) is 0 Å². The Kier molecular flexibility index (Phi) is 6.77. The summed E-state index contributed by atoms with van der Waals surface area (Å²) in [5.74, 6) is -8.83. The summed E-state index contributed by atoms with van der Waals surface area (Å²) in [6, 6.07) is 0. The number of esters is 3. The lowest BCUT2D eigenvalue weighted by Crippen LogP contribution is -2.47. The van der Waals surface area contributed by atoms with E-state index in [0.717, 1.165) is 4.72 Å². The topological polar surface area (TPSA) is 151 Å². The van der Waals surface area contributed by atoms with Gasteiger partial charge in [0.15, 0.2) is 0 Å². The number of fused-ring (bicyclic) bond motifs is 1. The molecule has 2 bridgehead atoms. The Morgan fingerprint density at radius 2 is 1.81 bits per heavy atom. The number of carbonyl (C=O) groups excluding carboxylic acids is 4. The van der Waals surface area contributed by atoms with E-state index in [0.29, 0.717) is 0 Å². The molecule has 1 heterocycles. The van der Waals surface area contributed by atoms with Gasteiger partial charge in [-0.25, -0.2) is 13.7 Å². The molecular weight excluding hydrogens is 582 g/mol. The molecule has 3 fully saturated rings. The van der Waals surface area contributed by atoms with E-state index < -0.39 is 76.2 Å². The zero-order chi connectivity index (χ0) is 24.0. The molecule has 1 N–H and O–H groups in total. The lowest BCUT2D eigenvalue weighted by Gasteiger charge is -2.29. The van der Waals surface area contributed by atoms with Crippen molar-refractivity contribution in [2.24, 2.45) is 23.7 Å². The first-order valence-corrected chi connectivity index (χ1v) is 11.4. The summed E-state index contributed by atoms with van der Waals surface area (Å²) < 4.78 is 81.3. The van der Waals surface area contributed by atoms with E-state index in [4.69, 9.17) is 18.4 Å². The standard InChI is InChI=1S/C16H15F3INO10S/c1-5(20)12(22)28-2-3-29-13(23)8-7-4-6-9(8)14(24)30-10(6)11(7)31-32(26,27)21-15(25)16(17,18)19/h6-11H,1-4H2,(H,21,25). The lowest BCUT2D eigenvalue weighted by molar-refractivity contribution is -0.171. The zero-order valence-corrected chi connectivity index (χ0v) is 18.8. The lowest BCUT2D eigenvalue weighted by atomic mass is 9.78. The molecule has 2 aliphatic carbocycles. The highest BCUT2D eigenvalue weighted by Crippen LogP contribution is 2.59. The molecule has 1 saturated heterocycles. The number of halogens is 4. The molecule has 0 aromatic rings. The van der Waals surface area contributed by atoms with Gasteiger partial charge in [0.05, 0.1) is 15.4 Å². The molecule has 32 heavy (non-hydrogen) atoms. The molecule has 6 unspecified atom stereocenters. The average molecular weight is 597 g/mol. The molecule has 2 saturated carbocycles. The second-order valence-electron chi connectivity index (χ2n) is 7.17. The molecular formula is C16H15F3INO10S. The van der Waals surface area contributed by atoms with Gasteiger partial charge < -0.3 is 14.2 Å². The summed E-state index contributed by atoms with van der Waals surface area (Å²) >= 11 is 1.64. The van der Waals surface area contributed by atoms with Gasteiger partial charge in [0.1, 0.15) is 25.4 Å². The number of hydrogen-bond acceptors (Lipinski definition) is 10. The second kappa shape index (κ2) is 8.77. The molecule has 178 valence electrons. The summed E-state index contributed by atoms with van der Waals surface area (Å²) in [6.45, 7) is 2.70. The first kappa shape index (κ1) is 24.7. The third-order valence-electron chi connectivity index (χ3n) is 5.31. The van der Waals surface area contributed by atoms with E-state index in [-0.39, 0.29) is 23.2 Å². The molecule has 0 aromatic heterocycles. The number of amides is 1. The van der Waals surface area contributed by atoms with Crippen LogP contribution < -0.4 is 4.72 Å². The summed E-state index contributed by atoms with van der Waals surface area (Å²) in [5.41, 5.74) is 0. The highest BCUT2D eigenvalue weighted by Gasteiger charge is 2.70. The van der Waals surface area contributed by atoms with Gasteiger partial charge in [-0.05, 0) is 29.0 Å². The van der Waals surface area contributed by atoms with Crippen LogP contribution in [0.1, 0.15) is 6.42 Å². The van der Waals surface area contributed by atoms with Crippen molar-refractivity contribution in [1.82, 2.24) is 4.72 Å². The molecule has 0 radical (unpaired) electrons. The molecule has 11 nitrogen and oxygen atoms in total. The van der Waals surface area contributed by atoms with Gasteiger partial charge in [-0.15, -0.1) is 0 Å². The number of alkyl halides is 3. The molecule has 3 rings (SSSR count). The Labute approximate surface area is 192 Å². The van der Waals surface area contributed by atoms with Gasteiger partial charge >= 0.3 is 40.3 Å². The largest absolute Gasteiger partial charge is 0.472 e. The van der Waals surface area contributed by atoms with Crippen LogP contribution in [0.5, 0.6) is 0 Å². The smallest absolute Gasteiger partial charge is 0.462 e. The normalized spacial score (nSPS) is 30.6. The number of ether oxygens (including phenoxy) is 3. The molecule has 0 aromatic carbocycles. The fraction of sp³-hybridized carbons (Fsp3) is 0.625. The summed E-state index contributed by atoms with van der Waals surface area (Å²) in [7, 11) is -5.23. The Morgan fingerprint density at radius 1 is 1.19 bits per heavy atom. The molecule has 1 amide bonds. The van der Waals surface area contributed by atoms with Crippen LogP contribution in [0.25, 0.3) is 0 Å². The molecule has 0 spiro atoms.